The summed E-state index contributed by atoms with van der Waals surface area (Å²) in [7, 11) is 0. The van der Waals surface area contributed by atoms with Crippen molar-refractivity contribution in [3.8, 4) is 5.69 Å². The van der Waals surface area contributed by atoms with E-state index >= 15 is 0 Å². The van der Waals surface area contributed by atoms with E-state index in [0.29, 0.717) is 29.0 Å². The maximum Gasteiger partial charge on any atom is 0.262 e. The highest BCUT2D eigenvalue weighted by Gasteiger charge is 2.19. The molecular weight excluding hydrogens is 406 g/mol. The third-order valence-electron chi connectivity index (χ3n) is 5.75. The van der Waals surface area contributed by atoms with Crippen LogP contribution in [0.25, 0.3) is 16.7 Å². The fourth-order valence-electron chi connectivity index (χ4n) is 4.01. The number of fused-ring (bicyclic) bond motifs is 1. The molecule has 3 heterocycles. The predicted molar refractivity (Wildman–Crippen MR) is 122 cm³/mol. The summed E-state index contributed by atoms with van der Waals surface area (Å²) in [5.74, 6) is 0.202. The number of aromatic amines is 1. The number of primary amides is 1. The highest BCUT2D eigenvalue weighted by Crippen LogP contribution is 2.18. The Morgan fingerprint density at radius 2 is 1.69 bits per heavy atom. The Hall–Kier alpha value is -3.98. The summed E-state index contributed by atoms with van der Waals surface area (Å²) >= 11 is 0. The van der Waals surface area contributed by atoms with Crippen LogP contribution in [0.2, 0.25) is 0 Å². The lowest BCUT2D eigenvalue weighted by Crippen LogP contribution is -2.46. The molecular formula is C23H23N7O2. The first kappa shape index (κ1) is 20.0. The Kier molecular flexibility index (Phi) is 5.16. The summed E-state index contributed by atoms with van der Waals surface area (Å²) in [6.07, 6.45) is 1.56. The van der Waals surface area contributed by atoms with Crippen LogP contribution in [0.3, 0.4) is 0 Å². The first-order valence-corrected chi connectivity index (χ1v) is 10.5. The van der Waals surface area contributed by atoms with E-state index in [1.54, 1.807) is 23.0 Å². The molecule has 0 atom stereocenters. The van der Waals surface area contributed by atoms with Gasteiger partial charge in [-0.1, -0.05) is 18.2 Å². The van der Waals surface area contributed by atoms with Crippen molar-refractivity contribution in [1.82, 2.24) is 24.6 Å². The maximum atomic E-state index is 12.6. The van der Waals surface area contributed by atoms with Crippen LogP contribution in [0, 0.1) is 0 Å². The van der Waals surface area contributed by atoms with Crippen molar-refractivity contribution in [2.75, 3.05) is 31.1 Å². The minimum atomic E-state index is -0.423. The van der Waals surface area contributed by atoms with E-state index in [9.17, 15) is 9.59 Å². The molecule has 0 aliphatic carbocycles. The largest absolute Gasteiger partial charge is 0.369 e. The highest BCUT2D eigenvalue weighted by atomic mass is 16.1. The van der Waals surface area contributed by atoms with Crippen molar-refractivity contribution in [3.63, 3.8) is 0 Å². The van der Waals surface area contributed by atoms with E-state index in [0.717, 1.165) is 37.6 Å². The molecule has 0 radical (unpaired) electrons. The van der Waals surface area contributed by atoms with Crippen LogP contribution in [0.4, 0.5) is 5.69 Å². The van der Waals surface area contributed by atoms with Crippen molar-refractivity contribution in [2.24, 2.45) is 5.73 Å². The van der Waals surface area contributed by atoms with E-state index in [1.165, 1.54) is 0 Å². The van der Waals surface area contributed by atoms with Crippen LogP contribution >= 0.6 is 0 Å². The quantitative estimate of drug-likeness (QED) is 0.497. The Morgan fingerprint density at radius 3 is 2.38 bits per heavy atom. The zero-order chi connectivity index (χ0) is 22.1. The number of aromatic nitrogens is 4. The van der Waals surface area contributed by atoms with Crippen LogP contribution in [0.15, 0.2) is 65.6 Å². The van der Waals surface area contributed by atoms with Gasteiger partial charge < -0.3 is 15.6 Å². The molecule has 1 fully saturated rings. The summed E-state index contributed by atoms with van der Waals surface area (Å²) in [6, 6.07) is 17.0. The summed E-state index contributed by atoms with van der Waals surface area (Å²) in [6.45, 7) is 3.89. The summed E-state index contributed by atoms with van der Waals surface area (Å²) in [4.78, 5) is 36.0. The van der Waals surface area contributed by atoms with Crippen molar-refractivity contribution < 1.29 is 4.79 Å². The average Bonchev–Trinajstić information content (AvgIpc) is 3.25. The van der Waals surface area contributed by atoms with E-state index < -0.39 is 5.91 Å². The van der Waals surface area contributed by atoms with Gasteiger partial charge in [0.25, 0.3) is 5.56 Å². The van der Waals surface area contributed by atoms with Crippen LogP contribution in [-0.4, -0.2) is 56.7 Å². The Bertz CT molecular complexity index is 1300. The summed E-state index contributed by atoms with van der Waals surface area (Å²) in [5, 5.41) is 4.83. The minimum absolute atomic E-state index is 0.180. The minimum Gasteiger partial charge on any atom is -0.369 e. The van der Waals surface area contributed by atoms with E-state index in [4.69, 9.17) is 10.7 Å². The Balaban J connectivity index is 1.30. The molecule has 1 aliphatic rings. The number of benzene rings is 2. The molecule has 9 heteroatoms. The Morgan fingerprint density at radius 1 is 0.969 bits per heavy atom. The maximum absolute atomic E-state index is 12.6. The number of hydrogen-bond acceptors (Lipinski definition) is 6. The van der Waals surface area contributed by atoms with Gasteiger partial charge in [0.2, 0.25) is 5.91 Å². The average molecular weight is 429 g/mol. The molecule has 0 bridgehead atoms. The molecule has 9 nitrogen and oxygen atoms in total. The lowest BCUT2D eigenvalue weighted by molar-refractivity contribution is 0.100. The molecule has 0 spiro atoms. The molecule has 0 unspecified atom stereocenters. The fraction of sp³-hybridized carbons (Fsp3) is 0.217. The summed E-state index contributed by atoms with van der Waals surface area (Å²) < 4.78 is 1.70. The number of nitrogens with one attached hydrogen (secondary N) is 1. The molecule has 1 amide bonds. The smallest absolute Gasteiger partial charge is 0.262 e. The second-order valence-electron chi connectivity index (χ2n) is 7.82. The molecule has 0 saturated carbocycles. The first-order chi connectivity index (χ1) is 15.6. The molecule has 2 aromatic heterocycles. The number of anilines is 1. The summed E-state index contributed by atoms with van der Waals surface area (Å²) in [5.41, 5.74) is 8.13. The number of carbonyl (C=O) groups is 1. The number of H-pyrrole nitrogens is 1. The van der Waals surface area contributed by atoms with Gasteiger partial charge in [-0.05, 0) is 36.4 Å². The fourth-order valence-corrected chi connectivity index (χ4v) is 4.01. The first-order valence-electron chi connectivity index (χ1n) is 10.5. The number of hydrogen-bond donors (Lipinski definition) is 2. The number of para-hydroxylation sites is 1. The third-order valence-corrected chi connectivity index (χ3v) is 5.75. The predicted octanol–water partition coefficient (Wildman–Crippen LogP) is 1.53. The van der Waals surface area contributed by atoms with Gasteiger partial charge >= 0.3 is 0 Å². The van der Waals surface area contributed by atoms with Gasteiger partial charge in [-0.15, -0.1) is 0 Å². The normalized spacial score (nSPS) is 14.7. The monoisotopic (exact) mass is 429 g/mol. The van der Waals surface area contributed by atoms with Gasteiger partial charge in [-0.25, -0.2) is 9.67 Å². The van der Waals surface area contributed by atoms with Gasteiger partial charge in [0.15, 0.2) is 5.65 Å². The van der Waals surface area contributed by atoms with Crippen molar-refractivity contribution in [1.29, 1.82) is 0 Å². The number of carbonyl (C=O) groups excluding carboxylic acids is 1. The molecule has 1 saturated heterocycles. The number of nitrogens with zero attached hydrogens (tertiary/aromatic N) is 5. The molecule has 5 rings (SSSR count). The van der Waals surface area contributed by atoms with Gasteiger partial charge in [-0.3, -0.25) is 14.5 Å². The second kappa shape index (κ2) is 8.27. The lowest BCUT2D eigenvalue weighted by atomic mass is 10.1. The standard InChI is InChI=1S/C23H23N7O2/c24-21(31)16-6-8-17(9-7-16)29-12-10-28(11-13-29)15-20-26-22-19(23(32)27-20)14-25-30(22)18-4-2-1-3-5-18/h1-9,14H,10-13,15H2,(H2,24,31)(H,26,27,32). The molecule has 32 heavy (non-hydrogen) atoms. The van der Waals surface area contributed by atoms with E-state index in [2.05, 4.69) is 19.9 Å². The Labute approximate surface area is 184 Å². The van der Waals surface area contributed by atoms with Crippen LogP contribution in [0.1, 0.15) is 16.2 Å². The van der Waals surface area contributed by atoms with Crippen LogP contribution in [-0.2, 0) is 6.54 Å². The molecule has 2 aromatic carbocycles. The highest BCUT2D eigenvalue weighted by molar-refractivity contribution is 5.93. The van der Waals surface area contributed by atoms with Crippen LogP contribution in [0.5, 0.6) is 0 Å². The molecule has 4 aromatic rings. The van der Waals surface area contributed by atoms with E-state index in [-0.39, 0.29) is 5.56 Å². The zero-order valence-electron chi connectivity index (χ0n) is 17.4. The van der Waals surface area contributed by atoms with Crippen LogP contribution < -0.4 is 16.2 Å². The number of rotatable bonds is 5. The second-order valence-corrected chi connectivity index (χ2v) is 7.82. The van der Waals surface area contributed by atoms with Gasteiger partial charge in [0, 0.05) is 37.4 Å². The number of nitrogens with two attached hydrogens (primary N) is 1. The number of piperazine rings is 1. The SMILES string of the molecule is NC(=O)c1ccc(N2CCN(Cc3nc4c(cnn4-c4ccccc4)c(=O)[nH]3)CC2)cc1. The van der Waals surface area contributed by atoms with Crippen molar-refractivity contribution in [2.45, 2.75) is 6.54 Å². The van der Waals surface area contributed by atoms with E-state index in [1.807, 2.05) is 42.5 Å². The van der Waals surface area contributed by atoms with Gasteiger partial charge in [0.1, 0.15) is 11.2 Å². The van der Waals surface area contributed by atoms with Crippen molar-refractivity contribution in [3.05, 3.63) is 82.5 Å². The molecule has 1 aliphatic heterocycles. The number of amides is 1. The molecule has 162 valence electrons. The van der Waals surface area contributed by atoms with Crippen molar-refractivity contribution >= 4 is 22.6 Å². The van der Waals surface area contributed by atoms with Gasteiger partial charge in [0.05, 0.1) is 18.4 Å². The van der Waals surface area contributed by atoms with Gasteiger partial charge in [-0.2, -0.15) is 5.10 Å². The third kappa shape index (κ3) is 3.85. The zero-order valence-corrected chi connectivity index (χ0v) is 17.4. The molecule has 3 N–H and O–H groups in total. The topological polar surface area (TPSA) is 113 Å². The lowest BCUT2D eigenvalue weighted by Gasteiger charge is -2.35.